The van der Waals surface area contributed by atoms with Crippen LogP contribution in [0.2, 0.25) is 10.0 Å². The van der Waals surface area contributed by atoms with Crippen LogP contribution in [0.1, 0.15) is 40.5 Å². The molecule has 0 bridgehead atoms. The highest BCUT2D eigenvalue weighted by Crippen LogP contribution is 2.42. The van der Waals surface area contributed by atoms with Crippen LogP contribution in [-0.4, -0.2) is 33.9 Å². The maximum absolute atomic E-state index is 14.2. The summed E-state index contributed by atoms with van der Waals surface area (Å²) in [7, 11) is 0. The molecule has 180 valence electrons. The number of rotatable bonds is 5. The topological polar surface area (TPSA) is 45.6 Å². The van der Waals surface area contributed by atoms with E-state index in [0.29, 0.717) is 10.6 Å². The third-order valence-electron chi connectivity index (χ3n) is 6.82. The van der Waals surface area contributed by atoms with Crippen LogP contribution in [0.3, 0.4) is 0 Å². The Morgan fingerprint density at radius 2 is 1.58 bits per heavy atom. The van der Waals surface area contributed by atoms with Gasteiger partial charge in [-0.05, 0) is 60.9 Å². The second-order valence-electron chi connectivity index (χ2n) is 9.16. The summed E-state index contributed by atoms with van der Waals surface area (Å²) in [5.74, 6) is -0.397. The van der Waals surface area contributed by atoms with E-state index >= 15 is 0 Å². The van der Waals surface area contributed by atoms with E-state index in [0.717, 1.165) is 35.5 Å². The largest absolute Gasteiger partial charge is 0.326 e. The Balaban J connectivity index is 1.40. The van der Waals surface area contributed by atoms with E-state index in [-0.39, 0.29) is 35.5 Å². The molecule has 2 amide bonds. The van der Waals surface area contributed by atoms with Crippen LogP contribution in [0.25, 0.3) is 5.69 Å². The molecule has 1 saturated carbocycles. The van der Waals surface area contributed by atoms with E-state index in [2.05, 4.69) is 4.57 Å². The fourth-order valence-corrected chi connectivity index (χ4v) is 5.49. The molecule has 1 fully saturated rings. The fraction of sp³-hybridized carbons (Fsp3) is 0.172. The highest BCUT2D eigenvalue weighted by molar-refractivity contribution is 6.36. The Kier molecular flexibility index (Phi) is 5.82. The maximum atomic E-state index is 14.2. The molecule has 5 nitrogen and oxygen atoms in total. The molecule has 1 aliphatic heterocycles. The Labute approximate surface area is 219 Å². The SMILES string of the molecule is O=C(c1ccc(Cl)cc1Cl)N(CC(=O)N1c2ccccc2-n2cccc2C1c1ccccc1)C1CC1. The number of carbonyl (C=O) groups excluding carboxylic acids is 2. The van der Waals surface area contributed by atoms with Gasteiger partial charge in [0.25, 0.3) is 5.91 Å². The number of hydrogen-bond donors (Lipinski definition) is 0. The van der Waals surface area contributed by atoms with Gasteiger partial charge in [-0.25, -0.2) is 0 Å². The Bertz CT molecular complexity index is 1460. The predicted octanol–water partition coefficient (Wildman–Crippen LogP) is 6.52. The van der Waals surface area contributed by atoms with Crippen molar-refractivity contribution in [2.75, 3.05) is 11.4 Å². The van der Waals surface area contributed by atoms with Gasteiger partial charge in [-0.3, -0.25) is 14.5 Å². The lowest BCUT2D eigenvalue weighted by atomic mass is 9.97. The number of para-hydroxylation sites is 2. The van der Waals surface area contributed by atoms with E-state index in [1.165, 1.54) is 0 Å². The van der Waals surface area contributed by atoms with Gasteiger partial charge in [0, 0.05) is 17.3 Å². The standard InChI is InChI=1S/C29H23Cl2N3O2/c30-20-12-15-22(23(31)17-20)29(36)33(21-13-14-21)18-27(35)34-25-10-5-4-9-24(25)32-16-6-11-26(32)28(34)19-7-2-1-3-8-19/h1-12,15-17,21,28H,13-14,18H2. The smallest absolute Gasteiger partial charge is 0.256 e. The summed E-state index contributed by atoms with van der Waals surface area (Å²) in [5, 5.41) is 0.748. The van der Waals surface area contributed by atoms with Crippen LogP contribution in [0.5, 0.6) is 0 Å². The van der Waals surface area contributed by atoms with Gasteiger partial charge < -0.3 is 9.47 Å². The number of aromatic nitrogens is 1. The van der Waals surface area contributed by atoms with E-state index in [1.807, 2.05) is 77.8 Å². The number of anilines is 1. The van der Waals surface area contributed by atoms with Gasteiger partial charge in [0.2, 0.25) is 5.91 Å². The van der Waals surface area contributed by atoms with Gasteiger partial charge in [-0.2, -0.15) is 0 Å². The minimum Gasteiger partial charge on any atom is -0.326 e. The van der Waals surface area contributed by atoms with Crippen molar-refractivity contribution in [3.63, 3.8) is 0 Å². The van der Waals surface area contributed by atoms with Gasteiger partial charge in [0.15, 0.2) is 0 Å². The molecule has 2 heterocycles. The highest BCUT2D eigenvalue weighted by Gasteiger charge is 2.40. The summed E-state index contributed by atoms with van der Waals surface area (Å²) in [5.41, 5.74) is 4.10. The molecule has 1 atom stereocenters. The van der Waals surface area contributed by atoms with Crippen LogP contribution in [-0.2, 0) is 4.79 Å². The molecule has 36 heavy (non-hydrogen) atoms. The first-order valence-corrected chi connectivity index (χ1v) is 12.7. The molecule has 0 radical (unpaired) electrons. The lowest BCUT2D eigenvalue weighted by Crippen LogP contribution is -2.47. The first-order chi connectivity index (χ1) is 17.5. The van der Waals surface area contributed by atoms with Crippen LogP contribution in [0.15, 0.2) is 91.1 Å². The summed E-state index contributed by atoms with van der Waals surface area (Å²) >= 11 is 12.4. The number of carbonyl (C=O) groups is 2. The van der Waals surface area contributed by atoms with Crippen molar-refractivity contribution in [2.24, 2.45) is 0 Å². The minimum atomic E-state index is -0.320. The number of halogens is 2. The van der Waals surface area contributed by atoms with Crippen molar-refractivity contribution in [1.29, 1.82) is 0 Å². The van der Waals surface area contributed by atoms with E-state index < -0.39 is 0 Å². The van der Waals surface area contributed by atoms with Crippen molar-refractivity contribution in [2.45, 2.75) is 24.9 Å². The van der Waals surface area contributed by atoms with Crippen LogP contribution in [0, 0.1) is 0 Å². The van der Waals surface area contributed by atoms with Gasteiger partial charge >= 0.3 is 0 Å². The summed E-state index contributed by atoms with van der Waals surface area (Å²) < 4.78 is 2.13. The lowest BCUT2D eigenvalue weighted by Gasteiger charge is -2.39. The zero-order valence-electron chi connectivity index (χ0n) is 19.4. The zero-order chi connectivity index (χ0) is 24.8. The first-order valence-electron chi connectivity index (χ1n) is 11.9. The molecule has 1 unspecified atom stereocenters. The number of amides is 2. The zero-order valence-corrected chi connectivity index (χ0v) is 20.9. The van der Waals surface area contributed by atoms with Crippen LogP contribution in [0.4, 0.5) is 5.69 Å². The Hall–Kier alpha value is -3.54. The second-order valence-corrected chi connectivity index (χ2v) is 10.0. The molecule has 0 N–H and O–H groups in total. The molecule has 0 saturated heterocycles. The molecular formula is C29H23Cl2N3O2. The van der Waals surface area contributed by atoms with Crippen molar-refractivity contribution in [3.05, 3.63) is 118 Å². The maximum Gasteiger partial charge on any atom is 0.256 e. The normalized spacial score (nSPS) is 16.3. The number of hydrogen-bond acceptors (Lipinski definition) is 2. The summed E-state index contributed by atoms with van der Waals surface area (Å²) in [6.45, 7) is -0.0408. The van der Waals surface area contributed by atoms with Gasteiger partial charge in [0.05, 0.1) is 27.7 Å². The molecule has 1 aliphatic carbocycles. The van der Waals surface area contributed by atoms with Crippen molar-refractivity contribution in [3.8, 4) is 5.69 Å². The summed E-state index contributed by atoms with van der Waals surface area (Å²) in [4.78, 5) is 31.2. The first kappa shape index (κ1) is 22.9. The van der Waals surface area contributed by atoms with Crippen molar-refractivity contribution < 1.29 is 9.59 Å². The van der Waals surface area contributed by atoms with Gasteiger partial charge in [-0.1, -0.05) is 65.7 Å². The van der Waals surface area contributed by atoms with Gasteiger partial charge in [0.1, 0.15) is 12.6 Å². The Morgan fingerprint density at radius 1 is 0.861 bits per heavy atom. The molecule has 6 rings (SSSR count). The average Bonchev–Trinajstić information content (AvgIpc) is 3.61. The lowest BCUT2D eigenvalue weighted by molar-refractivity contribution is -0.119. The van der Waals surface area contributed by atoms with Crippen molar-refractivity contribution in [1.82, 2.24) is 9.47 Å². The van der Waals surface area contributed by atoms with E-state index in [4.69, 9.17) is 23.2 Å². The minimum absolute atomic E-state index is 0.0206. The molecule has 2 aliphatic rings. The number of benzene rings is 3. The number of fused-ring (bicyclic) bond motifs is 3. The molecule has 4 aromatic rings. The predicted molar refractivity (Wildman–Crippen MR) is 142 cm³/mol. The summed E-state index contributed by atoms with van der Waals surface area (Å²) in [6.07, 6.45) is 3.76. The third kappa shape index (κ3) is 3.98. The van der Waals surface area contributed by atoms with E-state index in [1.54, 1.807) is 23.1 Å². The van der Waals surface area contributed by atoms with E-state index in [9.17, 15) is 9.59 Å². The van der Waals surface area contributed by atoms with Crippen LogP contribution >= 0.6 is 23.2 Å². The number of nitrogens with zero attached hydrogens (tertiary/aromatic N) is 3. The second kappa shape index (κ2) is 9.16. The highest BCUT2D eigenvalue weighted by atomic mass is 35.5. The molecule has 0 spiro atoms. The molecule has 7 heteroatoms. The average molecular weight is 516 g/mol. The monoisotopic (exact) mass is 515 g/mol. The molecule has 1 aromatic heterocycles. The Morgan fingerprint density at radius 3 is 2.31 bits per heavy atom. The van der Waals surface area contributed by atoms with Crippen LogP contribution < -0.4 is 4.90 Å². The fourth-order valence-electron chi connectivity index (χ4n) is 5.01. The summed E-state index contributed by atoms with van der Waals surface area (Å²) in [6, 6.07) is 26.5. The molecular weight excluding hydrogens is 493 g/mol. The van der Waals surface area contributed by atoms with Gasteiger partial charge in [-0.15, -0.1) is 0 Å². The van der Waals surface area contributed by atoms with Crippen molar-refractivity contribution >= 4 is 40.7 Å². The molecule has 3 aromatic carbocycles. The quantitative estimate of drug-likeness (QED) is 0.303. The third-order valence-corrected chi connectivity index (χ3v) is 7.37.